The number of anilines is 1. The quantitative estimate of drug-likeness (QED) is 0.659. The van der Waals surface area contributed by atoms with Gasteiger partial charge in [-0.05, 0) is 29.2 Å². The minimum absolute atomic E-state index is 0.0321. The van der Waals surface area contributed by atoms with Crippen molar-refractivity contribution in [2.24, 2.45) is 5.73 Å². The number of nitrogens with two attached hydrogens (primary N) is 1. The van der Waals surface area contributed by atoms with Gasteiger partial charge in [-0.1, -0.05) is 54.6 Å². The van der Waals surface area contributed by atoms with Gasteiger partial charge >= 0.3 is 0 Å². The number of ether oxygens (including phenoxy) is 1. The van der Waals surface area contributed by atoms with Crippen molar-refractivity contribution in [2.45, 2.75) is 32.2 Å². The molecule has 0 aromatic heterocycles. The van der Waals surface area contributed by atoms with Crippen molar-refractivity contribution < 1.29 is 14.3 Å². The molecule has 0 atom stereocenters. The van der Waals surface area contributed by atoms with Gasteiger partial charge in [0.25, 0.3) is 0 Å². The standard InChI is InChI=1S/C24H28N2O3/c25-15-17-29-16-5-9-22(27)13-14-24(28)26-18-21-8-2-1-6-19(21)11-12-20-7-3-4-10-23(20)26/h1-4,6-8,10-12H,5,9,13-18,25H2/b12-11-. The van der Waals surface area contributed by atoms with Crippen LogP contribution in [0.5, 0.6) is 0 Å². The number of rotatable bonds is 9. The van der Waals surface area contributed by atoms with E-state index < -0.39 is 0 Å². The smallest absolute Gasteiger partial charge is 0.227 e. The third kappa shape index (κ3) is 5.86. The number of para-hydroxylation sites is 1. The van der Waals surface area contributed by atoms with Crippen LogP contribution in [0.1, 0.15) is 42.4 Å². The van der Waals surface area contributed by atoms with Crippen molar-refractivity contribution in [1.29, 1.82) is 0 Å². The van der Waals surface area contributed by atoms with E-state index in [9.17, 15) is 9.59 Å². The van der Waals surface area contributed by atoms with Crippen molar-refractivity contribution in [3.05, 3.63) is 65.2 Å². The minimum atomic E-state index is -0.0321. The predicted octanol–water partition coefficient (Wildman–Crippen LogP) is 3.81. The molecule has 1 aliphatic heterocycles. The lowest BCUT2D eigenvalue weighted by Gasteiger charge is -2.27. The molecule has 3 rings (SSSR count). The Morgan fingerprint density at radius 3 is 2.45 bits per heavy atom. The monoisotopic (exact) mass is 392 g/mol. The lowest BCUT2D eigenvalue weighted by molar-refractivity contribution is -0.124. The fraction of sp³-hybridized carbons (Fsp3) is 0.333. The summed E-state index contributed by atoms with van der Waals surface area (Å²) in [6.07, 6.45) is 5.69. The molecule has 2 aromatic carbocycles. The molecule has 5 nitrogen and oxygen atoms in total. The van der Waals surface area contributed by atoms with Gasteiger partial charge in [0.05, 0.1) is 18.8 Å². The second-order valence-electron chi connectivity index (χ2n) is 7.11. The maximum atomic E-state index is 13.1. The zero-order valence-corrected chi connectivity index (χ0v) is 16.7. The summed E-state index contributed by atoms with van der Waals surface area (Å²) < 4.78 is 5.29. The van der Waals surface area contributed by atoms with Crippen LogP contribution in [0.4, 0.5) is 5.69 Å². The van der Waals surface area contributed by atoms with Crippen molar-refractivity contribution >= 4 is 29.5 Å². The molecule has 0 spiro atoms. The van der Waals surface area contributed by atoms with E-state index in [2.05, 4.69) is 12.1 Å². The van der Waals surface area contributed by atoms with Crippen LogP contribution in [-0.4, -0.2) is 31.4 Å². The van der Waals surface area contributed by atoms with Gasteiger partial charge in [0.2, 0.25) is 5.91 Å². The fourth-order valence-corrected chi connectivity index (χ4v) is 3.44. The summed E-state index contributed by atoms with van der Waals surface area (Å²) >= 11 is 0. The summed E-state index contributed by atoms with van der Waals surface area (Å²) in [6.45, 7) is 2.02. The molecule has 0 saturated carbocycles. The molecule has 0 bridgehead atoms. The first-order chi connectivity index (χ1) is 14.2. The number of carbonyl (C=O) groups is 2. The van der Waals surface area contributed by atoms with E-state index in [-0.39, 0.29) is 24.5 Å². The summed E-state index contributed by atoms with van der Waals surface area (Å²) in [5.74, 6) is 0.0607. The third-order valence-electron chi connectivity index (χ3n) is 4.98. The van der Waals surface area contributed by atoms with Crippen LogP contribution in [0.15, 0.2) is 48.5 Å². The van der Waals surface area contributed by atoms with Crippen LogP contribution < -0.4 is 10.6 Å². The molecule has 29 heavy (non-hydrogen) atoms. The fourth-order valence-electron chi connectivity index (χ4n) is 3.44. The number of benzene rings is 2. The van der Waals surface area contributed by atoms with Gasteiger partial charge < -0.3 is 15.4 Å². The van der Waals surface area contributed by atoms with E-state index in [0.29, 0.717) is 39.1 Å². The van der Waals surface area contributed by atoms with Gasteiger partial charge in [0, 0.05) is 32.4 Å². The van der Waals surface area contributed by atoms with Gasteiger partial charge in [0.1, 0.15) is 5.78 Å². The Bertz CT molecular complexity index is 876. The number of hydrogen-bond acceptors (Lipinski definition) is 4. The first kappa shape index (κ1) is 21.0. The van der Waals surface area contributed by atoms with Crippen LogP contribution in [-0.2, 0) is 20.9 Å². The maximum Gasteiger partial charge on any atom is 0.227 e. The highest BCUT2D eigenvalue weighted by Gasteiger charge is 2.21. The molecule has 5 heteroatoms. The number of carbonyl (C=O) groups excluding carboxylic acids is 2. The zero-order chi connectivity index (χ0) is 20.5. The molecule has 0 aliphatic carbocycles. The molecule has 152 valence electrons. The molecule has 2 N–H and O–H groups in total. The Labute approximate surface area is 172 Å². The molecule has 1 aliphatic rings. The lowest BCUT2D eigenvalue weighted by atomic mass is 10.0. The molecule has 0 fully saturated rings. The lowest BCUT2D eigenvalue weighted by Crippen LogP contribution is -2.32. The second kappa shape index (κ2) is 10.7. The molecule has 0 radical (unpaired) electrons. The van der Waals surface area contributed by atoms with Gasteiger partial charge in [-0.2, -0.15) is 0 Å². The average molecular weight is 392 g/mol. The van der Waals surface area contributed by atoms with E-state index in [1.54, 1.807) is 4.90 Å². The summed E-state index contributed by atoms with van der Waals surface area (Å²) in [4.78, 5) is 27.0. The normalized spacial score (nSPS) is 13.8. The highest BCUT2D eigenvalue weighted by molar-refractivity contribution is 5.98. The van der Waals surface area contributed by atoms with Gasteiger partial charge in [-0.3, -0.25) is 9.59 Å². The average Bonchev–Trinajstić information content (AvgIpc) is 2.73. The minimum Gasteiger partial charge on any atom is -0.380 e. The van der Waals surface area contributed by atoms with E-state index >= 15 is 0 Å². The first-order valence-electron chi connectivity index (χ1n) is 10.1. The maximum absolute atomic E-state index is 13.1. The van der Waals surface area contributed by atoms with E-state index in [1.165, 1.54) is 0 Å². The summed E-state index contributed by atoms with van der Waals surface area (Å²) in [5.41, 5.74) is 9.45. The van der Waals surface area contributed by atoms with Crippen LogP contribution in [0.3, 0.4) is 0 Å². The third-order valence-corrected chi connectivity index (χ3v) is 4.98. The molecule has 0 saturated heterocycles. The predicted molar refractivity (Wildman–Crippen MR) is 116 cm³/mol. The zero-order valence-electron chi connectivity index (χ0n) is 16.7. The molecule has 1 heterocycles. The van der Waals surface area contributed by atoms with E-state index in [0.717, 1.165) is 22.4 Å². The van der Waals surface area contributed by atoms with Crippen molar-refractivity contribution in [3.63, 3.8) is 0 Å². The van der Waals surface area contributed by atoms with E-state index in [1.807, 2.05) is 48.5 Å². The largest absolute Gasteiger partial charge is 0.380 e. The summed E-state index contributed by atoms with van der Waals surface area (Å²) in [7, 11) is 0. The van der Waals surface area contributed by atoms with Crippen LogP contribution >= 0.6 is 0 Å². The van der Waals surface area contributed by atoms with Crippen molar-refractivity contribution in [3.8, 4) is 0 Å². The number of amides is 1. The first-order valence-corrected chi connectivity index (χ1v) is 10.1. The molecule has 2 aromatic rings. The SMILES string of the molecule is NCCOCCCC(=O)CCC(=O)N1Cc2ccccc2/C=C\c2ccccc21. The van der Waals surface area contributed by atoms with Crippen molar-refractivity contribution in [2.75, 3.05) is 24.7 Å². The summed E-state index contributed by atoms with van der Waals surface area (Å²) in [5, 5.41) is 0. The van der Waals surface area contributed by atoms with E-state index in [4.69, 9.17) is 10.5 Å². The highest BCUT2D eigenvalue weighted by atomic mass is 16.5. The van der Waals surface area contributed by atoms with Gasteiger partial charge in [-0.15, -0.1) is 0 Å². The molecule has 1 amide bonds. The summed E-state index contributed by atoms with van der Waals surface area (Å²) in [6, 6.07) is 16.0. The Kier molecular flexibility index (Phi) is 7.73. The van der Waals surface area contributed by atoms with Gasteiger partial charge in [0.15, 0.2) is 0 Å². The Morgan fingerprint density at radius 2 is 1.62 bits per heavy atom. The molecular weight excluding hydrogens is 364 g/mol. The Hall–Kier alpha value is -2.76. The molecule has 0 unspecified atom stereocenters. The van der Waals surface area contributed by atoms with Crippen LogP contribution in [0.25, 0.3) is 12.2 Å². The number of hydrogen-bond donors (Lipinski definition) is 1. The second-order valence-corrected chi connectivity index (χ2v) is 7.11. The van der Waals surface area contributed by atoms with Crippen molar-refractivity contribution in [1.82, 2.24) is 0 Å². The van der Waals surface area contributed by atoms with Crippen LogP contribution in [0, 0.1) is 0 Å². The van der Waals surface area contributed by atoms with Crippen LogP contribution in [0.2, 0.25) is 0 Å². The number of ketones is 1. The topological polar surface area (TPSA) is 72.6 Å². The Balaban J connectivity index is 1.66. The molecular formula is C24H28N2O3. The van der Waals surface area contributed by atoms with Gasteiger partial charge in [-0.25, -0.2) is 0 Å². The number of Topliss-reactive ketones (excluding diaryl/α,β-unsaturated/α-hetero) is 1. The Morgan fingerprint density at radius 1 is 0.897 bits per heavy atom. The highest BCUT2D eigenvalue weighted by Crippen LogP contribution is 2.29. The number of nitrogens with zero attached hydrogens (tertiary/aromatic N) is 1. The number of fused-ring (bicyclic) bond motifs is 2.